The first-order valence-corrected chi connectivity index (χ1v) is 6.27. The molecule has 0 atom stereocenters. The lowest BCUT2D eigenvalue weighted by Gasteiger charge is -2.07. The van der Waals surface area contributed by atoms with Crippen LogP contribution in [0, 0.1) is 0 Å². The average Bonchev–Trinajstić information content (AvgIpc) is 2.45. The molecule has 0 bridgehead atoms. The first-order valence-electron chi connectivity index (χ1n) is 5.89. The molecule has 2 amide bonds. The fraction of sp³-hybridized carbons (Fsp3) is 0.143. The molecule has 0 saturated heterocycles. The van der Waals surface area contributed by atoms with Gasteiger partial charge in [0.25, 0.3) is 0 Å². The SMILES string of the molecule is O=C(NCc1ccc(Cl)cc1)NCc1cccnc1. The maximum absolute atomic E-state index is 11.6. The maximum atomic E-state index is 11.6. The number of aromatic nitrogens is 1. The molecule has 1 heterocycles. The number of hydrogen-bond donors (Lipinski definition) is 2. The highest BCUT2D eigenvalue weighted by Crippen LogP contribution is 2.08. The summed E-state index contributed by atoms with van der Waals surface area (Å²) in [5.41, 5.74) is 1.96. The molecule has 4 nitrogen and oxygen atoms in total. The van der Waals surface area contributed by atoms with Crippen LogP contribution in [0.3, 0.4) is 0 Å². The largest absolute Gasteiger partial charge is 0.334 e. The van der Waals surface area contributed by atoms with E-state index in [2.05, 4.69) is 15.6 Å². The second kappa shape index (κ2) is 6.75. The summed E-state index contributed by atoms with van der Waals surface area (Å²) >= 11 is 5.79. The number of benzene rings is 1. The molecule has 0 aliphatic heterocycles. The smallest absolute Gasteiger partial charge is 0.315 e. The van der Waals surface area contributed by atoms with Gasteiger partial charge in [-0.15, -0.1) is 0 Å². The molecule has 0 unspecified atom stereocenters. The van der Waals surface area contributed by atoms with Crippen molar-refractivity contribution < 1.29 is 4.79 Å². The first kappa shape index (κ1) is 13.4. The molecule has 0 radical (unpaired) electrons. The van der Waals surface area contributed by atoms with Crippen molar-refractivity contribution in [3.05, 3.63) is 64.9 Å². The second-order valence-electron chi connectivity index (χ2n) is 4.02. The molecule has 0 fully saturated rings. The molecule has 2 rings (SSSR count). The number of carbonyl (C=O) groups excluding carboxylic acids is 1. The van der Waals surface area contributed by atoms with Crippen LogP contribution >= 0.6 is 11.6 Å². The zero-order valence-corrected chi connectivity index (χ0v) is 11.0. The predicted molar refractivity (Wildman–Crippen MR) is 74.8 cm³/mol. The van der Waals surface area contributed by atoms with E-state index in [1.54, 1.807) is 24.5 Å². The van der Waals surface area contributed by atoms with Crippen molar-refractivity contribution in [2.75, 3.05) is 0 Å². The van der Waals surface area contributed by atoms with Gasteiger partial charge in [-0.2, -0.15) is 0 Å². The summed E-state index contributed by atoms with van der Waals surface area (Å²) in [6, 6.07) is 10.9. The van der Waals surface area contributed by atoms with E-state index in [1.165, 1.54) is 0 Å². The van der Waals surface area contributed by atoms with Crippen molar-refractivity contribution in [1.29, 1.82) is 0 Å². The Labute approximate surface area is 116 Å². The van der Waals surface area contributed by atoms with E-state index >= 15 is 0 Å². The molecule has 0 spiro atoms. The van der Waals surface area contributed by atoms with E-state index in [4.69, 9.17) is 11.6 Å². The van der Waals surface area contributed by atoms with E-state index in [0.717, 1.165) is 11.1 Å². The van der Waals surface area contributed by atoms with Crippen LogP contribution in [0.1, 0.15) is 11.1 Å². The zero-order chi connectivity index (χ0) is 13.5. The number of amides is 2. The van der Waals surface area contributed by atoms with E-state index in [1.807, 2.05) is 24.3 Å². The van der Waals surface area contributed by atoms with Crippen molar-refractivity contribution in [2.24, 2.45) is 0 Å². The van der Waals surface area contributed by atoms with Gasteiger partial charge in [0.2, 0.25) is 0 Å². The Balaban J connectivity index is 1.74. The summed E-state index contributed by atoms with van der Waals surface area (Å²) in [6.45, 7) is 0.927. The van der Waals surface area contributed by atoms with Crippen LogP contribution in [0.2, 0.25) is 5.02 Å². The third-order valence-electron chi connectivity index (χ3n) is 2.54. The average molecular weight is 276 g/mol. The number of urea groups is 1. The molecular weight excluding hydrogens is 262 g/mol. The Kier molecular flexibility index (Phi) is 4.75. The van der Waals surface area contributed by atoms with Crippen LogP contribution in [-0.4, -0.2) is 11.0 Å². The van der Waals surface area contributed by atoms with Gasteiger partial charge >= 0.3 is 6.03 Å². The molecule has 0 aliphatic rings. The first-order chi connectivity index (χ1) is 9.24. The second-order valence-corrected chi connectivity index (χ2v) is 4.46. The Morgan fingerprint density at radius 3 is 2.37 bits per heavy atom. The monoisotopic (exact) mass is 275 g/mol. The van der Waals surface area contributed by atoms with Gasteiger partial charge in [-0.05, 0) is 29.3 Å². The van der Waals surface area contributed by atoms with E-state index in [-0.39, 0.29) is 6.03 Å². The topological polar surface area (TPSA) is 54.0 Å². The normalized spacial score (nSPS) is 9.95. The molecule has 1 aromatic carbocycles. The van der Waals surface area contributed by atoms with E-state index < -0.39 is 0 Å². The summed E-state index contributed by atoms with van der Waals surface area (Å²) < 4.78 is 0. The fourth-order valence-electron chi connectivity index (χ4n) is 1.53. The molecule has 0 aliphatic carbocycles. The third kappa shape index (κ3) is 4.60. The van der Waals surface area contributed by atoms with Gasteiger partial charge in [0.1, 0.15) is 0 Å². The highest BCUT2D eigenvalue weighted by Gasteiger charge is 2.00. The van der Waals surface area contributed by atoms with Crippen molar-refractivity contribution in [3.8, 4) is 0 Å². The van der Waals surface area contributed by atoms with Crippen LogP contribution in [0.4, 0.5) is 4.79 Å². The number of hydrogen-bond acceptors (Lipinski definition) is 2. The maximum Gasteiger partial charge on any atom is 0.315 e. The molecule has 98 valence electrons. The molecule has 2 N–H and O–H groups in total. The lowest BCUT2D eigenvalue weighted by molar-refractivity contribution is 0.240. The van der Waals surface area contributed by atoms with Gasteiger partial charge in [-0.1, -0.05) is 29.8 Å². The lowest BCUT2D eigenvalue weighted by atomic mass is 10.2. The van der Waals surface area contributed by atoms with E-state index in [9.17, 15) is 4.79 Å². The van der Waals surface area contributed by atoms with Crippen molar-refractivity contribution >= 4 is 17.6 Å². The molecule has 1 aromatic heterocycles. The molecular formula is C14H14ClN3O. The van der Waals surface area contributed by atoms with Crippen LogP contribution < -0.4 is 10.6 Å². The summed E-state index contributed by atoms with van der Waals surface area (Å²) in [6.07, 6.45) is 3.42. The van der Waals surface area contributed by atoms with E-state index in [0.29, 0.717) is 18.1 Å². The van der Waals surface area contributed by atoms with Gasteiger partial charge in [-0.25, -0.2) is 4.79 Å². The zero-order valence-electron chi connectivity index (χ0n) is 10.3. The third-order valence-corrected chi connectivity index (χ3v) is 2.79. The quantitative estimate of drug-likeness (QED) is 0.901. The summed E-state index contributed by atoms with van der Waals surface area (Å²) in [7, 11) is 0. The Bertz CT molecular complexity index is 528. The lowest BCUT2D eigenvalue weighted by Crippen LogP contribution is -2.34. The van der Waals surface area contributed by atoms with Gasteiger partial charge < -0.3 is 10.6 Å². The summed E-state index contributed by atoms with van der Waals surface area (Å²) in [5.74, 6) is 0. The Hall–Kier alpha value is -2.07. The molecule has 0 saturated carbocycles. The number of nitrogens with zero attached hydrogens (tertiary/aromatic N) is 1. The van der Waals surface area contributed by atoms with Crippen molar-refractivity contribution in [2.45, 2.75) is 13.1 Å². The predicted octanol–water partition coefficient (Wildman–Crippen LogP) is 2.73. The van der Waals surface area contributed by atoms with Crippen LogP contribution in [-0.2, 0) is 13.1 Å². The minimum atomic E-state index is -0.209. The Morgan fingerprint density at radius 2 is 1.74 bits per heavy atom. The summed E-state index contributed by atoms with van der Waals surface area (Å²) in [5, 5.41) is 6.22. The minimum Gasteiger partial charge on any atom is -0.334 e. The standard InChI is InChI=1S/C14H14ClN3O/c15-13-5-3-11(4-6-13)9-17-14(19)18-10-12-2-1-7-16-8-12/h1-8H,9-10H2,(H2,17,18,19). The van der Waals surface area contributed by atoms with Crippen LogP contribution in [0.25, 0.3) is 0 Å². The van der Waals surface area contributed by atoms with Gasteiger partial charge in [-0.3, -0.25) is 4.98 Å². The molecule has 19 heavy (non-hydrogen) atoms. The summed E-state index contributed by atoms with van der Waals surface area (Å²) in [4.78, 5) is 15.6. The van der Waals surface area contributed by atoms with Gasteiger partial charge in [0.05, 0.1) is 0 Å². The molecule has 2 aromatic rings. The highest BCUT2D eigenvalue weighted by molar-refractivity contribution is 6.30. The van der Waals surface area contributed by atoms with Gasteiger partial charge in [0, 0.05) is 30.5 Å². The highest BCUT2D eigenvalue weighted by atomic mass is 35.5. The Morgan fingerprint density at radius 1 is 1.05 bits per heavy atom. The van der Waals surface area contributed by atoms with Crippen LogP contribution in [0.15, 0.2) is 48.8 Å². The van der Waals surface area contributed by atoms with Crippen molar-refractivity contribution in [1.82, 2.24) is 15.6 Å². The van der Waals surface area contributed by atoms with Gasteiger partial charge in [0.15, 0.2) is 0 Å². The molecule has 5 heteroatoms. The fourth-order valence-corrected chi connectivity index (χ4v) is 1.66. The number of pyridine rings is 1. The number of nitrogens with one attached hydrogen (secondary N) is 2. The number of rotatable bonds is 4. The number of halogens is 1. The minimum absolute atomic E-state index is 0.209. The number of carbonyl (C=O) groups is 1. The van der Waals surface area contributed by atoms with Crippen LogP contribution in [0.5, 0.6) is 0 Å². The van der Waals surface area contributed by atoms with Crippen molar-refractivity contribution in [3.63, 3.8) is 0 Å².